The van der Waals surface area contributed by atoms with Crippen molar-refractivity contribution >= 4 is 0 Å². The molecule has 0 saturated heterocycles. The van der Waals surface area contributed by atoms with Crippen LogP contribution < -0.4 is 4.74 Å². The van der Waals surface area contributed by atoms with E-state index in [0.29, 0.717) is 0 Å². The van der Waals surface area contributed by atoms with Crippen LogP contribution in [0, 0.1) is 11.3 Å². The molecule has 0 saturated carbocycles. The predicted octanol–water partition coefficient (Wildman–Crippen LogP) is 2.52. The Morgan fingerprint density at radius 1 is 1.46 bits per heavy atom. The summed E-state index contributed by atoms with van der Waals surface area (Å²) in [5.41, 5.74) is 1.75. The van der Waals surface area contributed by atoms with Crippen LogP contribution in [-0.4, -0.2) is 7.11 Å². The minimum Gasteiger partial charge on any atom is -0.496 e. The van der Waals surface area contributed by atoms with Crippen molar-refractivity contribution < 1.29 is 4.74 Å². The van der Waals surface area contributed by atoms with Gasteiger partial charge >= 0.3 is 0 Å². The molecule has 0 atom stereocenters. The van der Waals surface area contributed by atoms with Gasteiger partial charge in [0.15, 0.2) is 0 Å². The van der Waals surface area contributed by atoms with Gasteiger partial charge in [-0.1, -0.05) is 19.4 Å². The molecule has 0 heterocycles. The lowest BCUT2D eigenvalue weighted by atomic mass is 10.0. The fourth-order valence-electron chi connectivity index (χ4n) is 1.37. The first-order chi connectivity index (χ1) is 6.33. The quantitative estimate of drug-likeness (QED) is 0.707. The van der Waals surface area contributed by atoms with Crippen molar-refractivity contribution in [3.05, 3.63) is 29.3 Å². The molecule has 1 aromatic rings. The fraction of sp³-hybridized carbons (Fsp3) is 0.364. The van der Waals surface area contributed by atoms with E-state index in [9.17, 15) is 0 Å². The smallest absolute Gasteiger partial charge is 0.123 e. The Morgan fingerprint density at radius 2 is 2.23 bits per heavy atom. The summed E-state index contributed by atoms with van der Waals surface area (Å²) in [7, 11) is 1.63. The second kappa shape index (κ2) is 4.51. The molecule has 0 aromatic heterocycles. The van der Waals surface area contributed by atoms with Crippen molar-refractivity contribution in [2.45, 2.75) is 19.8 Å². The van der Waals surface area contributed by atoms with Gasteiger partial charge in [-0.2, -0.15) is 5.26 Å². The third-order valence-electron chi connectivity index (χ3n) is 1.97. The van der Waals surface area contributed by atoms with Crippen molar-refractivity contribution in [3.63, 3.8) is 0 Å². The summed E-state index contributed by atoms with van der Waals surface area (Å²) in [5.74, 6) is 0.820. The normalized spacial score (nSPS) is 9.31. The Hall–Kier alpha value is -1.49. The Bertz CT molecular complexity index is 325. The largest absolute Gasteiger partial charge is 0.496 e. The molecular formula is C11H13NO. The number of rotatable bonds is 3. The van der Waals surface area contributed by atoms with E-state index in [-0.39, 0.29) is 0 Å². The van der Waals surface area contributed by atoms with Gasteiger partial charge in [-0.15, -0.1) is 0 Å². The van der Waals surface area contributed by atoms with Crippen LogP contribution in [0.2, 0.25) is 0 Å². The molecule has 0 aliphatic rings. The SMILES string of the molecule is CCCc1c(C#N)cccc1OC. The maximum absolute atomic E-state index is 8.86. The molecular weight excluding hydrogens is 162 g/mol. The molecule has 13 heavy (non-hydrogen) atoms. The Labute approximate surface area is 78.8 Å². The van der Waals surface area contributed by atoms with Crippen molar-refractivity contribution in [1.29, 1.82) is 5.26 Å². The second-order valence-corrected chi connectivity index (χ2v) is 2.85. The van der Waals surface area contributed by atoms with Crippen LogP contribution in [0.5, 0.6) is 5.75 Å². The maximum atomic E-state index is 8.86. The Balaban J connectivity index is 3.15. The average Bonchev–Trinajstić information content (AvgIpc) is 2.18. The van der Waals surface area contributed by atoms with Gasteiger partial charge in [0.05, 0.1) is 18.7 Å². The maximum Gasteiger partial charge on any atom is 0.123 e. The van der Waals surface area contributed by atoms with Gasteiger partial charge in [0.2, 0.25) is 0 Å². The zero-order chi connectivity index (χ0) is 9.68. The highest BCUT2D eigenvalue weighted by Gasteiger charge is 2.06. The second-order valence-electron chi connectivity index (χ2n) is 2.85. The number of methoxy groups -OCH3 is 1. The van der Waals surface area contributed by atoms with Gasteiger partial charge in [-0.3, -0.25) is 0 Å². The molecule has 0 bridgehead atoms. The molecule has 2 heteroatoms. The Kier molecular flexibility index (Phi) is 3.33. The summed E-state index contributed by atoms with van der Waals surface area (Å²) in [5, 5.41) is 8.86. The van der Waals surface area contributed by atoms with E-state index in [0.717, 1.165) is 29.7 Å². The standard InChI is InChI=1S/C11H13NO/c1-3-5-10-9(8-12)6-4-7-11(10)13-2/h4,6-7H,3,5H2,1-2H3. The lowest BCUT2D eigenvalue weighted by molar-refractivity contribution is 0.409. The molecule has 1 aromatic carbocycles. The van der Waals surface area contributed by atoms with E-state index in [1.54, 1.807) is 7.11 Å². The highest BCUT2D eigenvalue weighted by atomic mass is 16.5. The van der Waals surface area contributed by atoms with E-state index < -0.39 is 0 Å². The highest BCUT2D eigenvalue weighted by Crippen LogP contribution is 2.22. The fourth-order valence-corrected chi connectivity index (χ4v) is 1.37. The molecule has 68 valence electrons. The average molecular weight is 175 g/mol. The highest BCUT2D eigenvalue weighted by molar-refractivity contribution is 5.46. The Morgan fingerprint density at radius 3 is 2.77 bits per heavy atom. The third kappa shape index (κ3) is 2.00. The van der Waals surface area contributed by atoms with Gasteiger partial charge < -0.3 is 4.74 Å². The minimum atomic E-state index is 0.723. The number of hydrogen-bond donors (Lipinski definition) is 0. The van der Waals surface area contributed by atoms with Crippen molar-refractivity contribution in [3.8, 4) is 11.8 Å². The van der Waals surface area contributed by atoms with Gasteiger partial charge in [-0.25, -0.2) is 0 Å². The van der Waals surface area contributed by atoms with E-state index in [1.165, 1.54) is 0 Å². The van der Waals surface area contributed by atoms with Crippen LogP contribution in [0.4, 0.5) is 0 Å². The summed E-state index contributed by atoms with van der Waals surface area (Å²) in [4.78, 5) is 0. The third-order valence-corrected chi connectivity index (χ3v) is 1.97. The lowest BCUT2D eigenvalue weighted by Crippen LogP contribution is -1.95. The van der Waals surface area contributed by atoms with Gasteiger partial charge in [-0.05, 0) is 18.6 Å². The van der Waals surface area contributed by atoms with Crippen LogP contribution in [0.15, 0.2) is 18.2 Å². The molecule has 0 aliphatic heterocycles. The van der Waals surface area contributed by atoms with E-state index in [4.69, 9.17) is 10.00 Å². The number of ether oxygens (including phenoxy) is 1. The number of hydrogen-bond acceptors (Lipinski definition) is 2. The predicted molar refractivity (Wildman–Crippen MR) is 51.7 cm³/mol. The summed E-state index contributed by atoms with van der Waals surface area (Å²) in [6.45, 7) is 2.09. The van der Waals surface area contributed by atoms with Crippen LogP contribution in [0.1, 0.15) is 24.5 Å². The first-order valence-corrected chi connectivity index (χ1v) is 4.39. The van der Waals surface area contributed by atoms with Gasteiger partial charge in [0.1, 0.15) is 5.75 Å². The number of nitriles is 1. The molecule has 1 rings (SSSR count). The topological polar surface area (TPSA) is 33.0 Å². The molecule has 0 radical (unpaired) electrons. The zero-order valence-corrected chi connectivity index (χ0v) is 8.00. The number of nitrogens with zero attached hydrogens (tertiary/aromatic N) is 1. The molecule has 0 unspecified atom stereocenters. The summed E-state index contributed by atoms with van der Waals surface area (Å²) < 4.78 is 5.19. The van der Waals surface area contributed by atoms with Gasteiger partial charge in [0, 0.05) is 5.56 Å². The van der Waals surface area contributed by atoms with Crippen LogP contribution in [0.3, 0.4) is 0 Å². The van der Waals surface area contributed by atoms with Crippen molar-refractivity contribution in [1.82, 2.24) is 0 Å². The molecule has 0 N–H and O–H groups in total. The molecule has 0 aliphatic carbocycles. The summed E-state index contributed by atoms with van der Waals surface area (Å²) in [6.07, 6.45) is 1.92. The monoisotopic (exact) mass is 175 g/mol. The van der Waals surface area contributed by atoms with Crippen LogP contribution in [-0.2, 0) is 6.42 Å². The molecule has 0 amide bonds. The molecule has 2 nitrogen and oxygen atoms in total. The number of benzene rings is 1. The zero-order valence-electron chi connectivity index (χ0n) is 8.00. The van der Waals surface area contributed by atoms with Gasteiger partial charge in [0.25, 0.3) is 0 Å². The first kappa shape index (κ1) is 9.60. The van der Waals surface area contributed by atoms with Crippen LogP contribution in [0.25, 0.3) is 0 Å². The lowest BCUT2D eigenvalue weighted by Gasteiger charge is -2.08. The van der Waals surface area contributed by atoms with Crippen molar-refractivity contribution in [2.75, 3.05) is 7.11 Å². The first-order valence-electron chi connectivity index (χ1n) is 4.39. The minimum absolute atomic E-state index is 0.723. The molecule has 0 fully saturated rings. The van der Waals surface area contributed by atoms with E-state index >= 15 is 0 Å². The van der Waals surface area contributed by atoms with E-state index in [2.05, 4.69) is 13.0 Å². The summed E-state index contributed by atoms with van der Waals surface area (Å²) in [6, 6.07) is 7.74. The van der Waals surface area contributed by atoms with E-state index in [1.807, 2.05) is 18.2 Å². The molecule has 0 spiro atoms. The van der Waals surface area contributed by atoms with Crippen molar-refractivity contribution in [2.24, 2.45) is 0 Å². The van der Waals surface area contributed by atoms with Crippen LogP contribution >= 0.6 is 0 Å². The summed E-state index contributed by atoms with van der Waals surface area (Å²) >= 11 is 0.